The van der Waals surface area contributed by atoms with Crippen molar-refractivity contribution >= 4 is 43.3 Å². The normalized spacial score (nSPS) is 11.8. The Morgan fingerprint density at radius 3 is 2.53 bits per heavy atom. The molecule has 5 nitrogen and oxygen atoms in total. The quantitative estimate of drug-likeness (QED) is 0.330. The molecule has 0 saturated carbocycles. The third kappa shape index (κ3) is 3.71. The molecule has 0 aliphatic carbocycles. The molecule has 0 spiro atoms. The van der Waals surface area contributed by atoms with E-state index in [1.165, 1.54) is 36.6 Å². The summed E-state index contributed by atoms with van der Waals surface area (Å²) in [5.41, 5.74) is -2.41. The van der Waals surface area contributed by atoms with Gasteiger partial charge in [-0.3, -0.25) is 4.79 Å². The van der Waals surface area contributed by atoms with Gasteiger partial charge in [0.2, 0.25) is 0 Å². The predicted octanol–water partition coefficient (Wildman–Crippen LogP) is 6.04. The topological polar surface area (TPSA) is 72.2 Å². The van der Waals surface area contributed by atoms with E-state index in [1.54, 1.807) is 0 Å². The van der Waals surface area contributed by atoms with Crippen LogP contribution in [0.3, 0.4) is 0 Å². The number of thiophene rings is 1. The number of nitrogens with zero attached hydrogens (tertiary/aromatic N) is 2. The van der Waals surface area contributed by atoms with Crippen LogP contribution in [0.4, 0.5) is 17.6 Å². The number of fused-ring (bicyclic) bond motifs is 1. The van der Waals surface area contributed by atoms with E-state index in [0.29, 0.717) is 10.2 Å². The molecule has 1 N–H and O–H groups in total. The minimum Gasteiger partial charge on any atom is -0.478 e. The number of halogens is 5. The van der Waals surface area contributed by atoms with Gasteiger partial charge in [0.25, 0.3) is 5.56 Å². The third-order valence-electron chi connectivity index (χ3n) is 4.77. The molecule has 32 heavy (non-hydrogen) atoms. The number of carboxylic acid groups (broad SMARTS) is 1. The molecule has 0 radical (unpaired) electrons. The van der Waals surface area contributed by atoms with Crippen LogP contribution in [0.5, 0.6) is 0 Å². The van der Waals surface area contributed by atoms with Gasteiger partial charge < -0.3 is 5.11 Å². The number of alkyl halides is 3. The molecule has 4 aromatic rings. The lowest BCUT2D eigenvalue weighted by Gasteiger charge is -2.16. The Morgan fingerprint density at radius 2 is 1.91 bits per heavy atom. The maximum Gasteiger partial charge on any atom is 0.418 e. The first kappa shape index (κ1) is 22.2. The van der Waals surface area contributed by atoms with Crippen LogP contribution in [-0.2, 0) is 6.18 Å². The fourth-order valence-electron chi connectivity index (χ4n) is 3.26. The Hall–Kier alpha value is -3.05. The molecule has 0 bridgehead atoms. The van der Waals surface area contributed by atoms with Gasteiger partial charge in [-0.05, 0) is 48.9 Å². The van der Waals surface area contributed by atoms with E-state index in [2.05, 4.69) is 21.0 Å². The molecule has 4 rings (SSSR count). The number of aryl methyl sites for hydroxylation is 1. The van der Waals surface area contributed by atoms with E-state index in [9.17, 15) is 32.3 Å². The summed E-state index contributed by atoms with van der Waals surface area (Å²) in [6.07, 6.45) is -4.80. The maximum absolute atomic E-state index is 13.8. The highest BCUT2D eigenvalue weighted by Gasteiger charge is 2.35. The highest BCUT2D eigenvalue weighted by molar-refractivity contribution is 9.10. The third-order valence-corrected chi connectivity index (χ3v) is 6.25. The average Bonchev–Trinajstić information content (AvgIpc) is 3.15. The van der Waals surface area contributed by atoms with Crippen LogP contribution in [0.2, 0.25) is 0 Å². The summed E-state index contributed by atoms with van der Waals surface area (Å²) in [6.45, 7) is 1.50. The van der Waals surface area contributed by atoms with E-state index < -0.39 is 34.8 Å². The zero-order valence-corrected chi connectivity index (χ0v) is 18.4. The fraction of sp³-hybridized carbons (Fsp3) is 0.0952. The molecule has 0 unspecified atom stereocenters. The standard InChI is InChI=1S/C21H11BrF4N2O3S/c1-9-6-10(2-5-14(9)23)17-18-16(12(8-32-18)20(30)31)19(29)28(27-17)15-7-11(22)3-4-13(15)21(24,25)26/h2-8H,1H3,(H,30,31). The molecule has 2 aromatic heterocycles. The van der Waals surface area contributed by atoms with Crippen LogP contribution in [0.15, 0.2) is 51.0 Å². The van der Waals surface area contributed by atoms with Crippen LogP contribution in [-0.4, -0.2) is 20.9 Å². The molecule has 0 saturated heterocycles. The van der Waals surface area contributed by atoms with E-state index in [0.717, 1.165) is 23.5 Å². The molecule has 164 valence electrons. The minimum absolute atomic E-state index is 0.0632. The molecule has 0 amide bonds. The molecule has 2 aromatic carbocycles. The maximum atomic E-state index is 13.8. The van der Waals surface area contributed by atoms with Gasteiger partial charge in [-0.1, -0.05) is 15.9 Å². The predicted molar refractivity (Wildman–Crippen MR) is 115 cm³/mol. The van der Waals surface area contributed by atoms with Gasteiger partial charge in [0.15, 0.2) is 0 Å². The van der Waals surface area contributed by atoms with Crippen LogP contribution in [0, 0.1) is 12.7 Å². The van der Waals surface area contributed by atoms with Crippen molar-refractivity contribution in [3.05, 3.63) is 79.1 Å². The monoisotopic (exact) mass is 526 g/mol. The largest absolute Gasteiger partial charge is 0.478 e. The van der Waals surface area contributed by atoms with E-state index in [1.807, 2.05) is 0 Å². The first-order chi connectivity index (χ1) is 15.0. The summed E-state index contributed by atoms with van der Waals surface area (Å²) in [5, 5.41) is 14.7. The number of carboxylic acids is 1. The SMILES string of the molecule is Cc1cc(-c2nn(-c3cc(Br)ccc3C(F)(F)F)c(=O)c3c(C(=O)O)csc23)ccc1F. The number of hydrogen-bond acceptors (Lipinski definition) is 4. The van der Waals surface area contributed by atoms with Crippen LogP contribution < -0.4 is 5.56 Å². The van der Waals surface area contributed by atoms with Crippen molar-refractivity contribution in [3.8, 4) is 16.9 Å². The zero-order chi connectivity index (χ0) is 23.4. The lowest BCUT2D eigenvalue weighted by Crippen LogP contribution is -2.25. The first-order valence-corrected chi connectivity index (χ1v) is 10.6. The van der Waals surface area contributed by atoms with Gasteiger partial charge in [-0.15, -0.1) is 11.3 Å². The van der Waals surface area contributed by atoms with Crippen molar-refractivity contribution in [2.24, 2.45) is 0 Å². The number of carbonyl (C=O) groups is 1. The van der Waals surface area contributed by atoms with Gasteiger partial charge >= 0.3 is 12.1 Å². The molecule has 11 heteroatoms. The Kier molecular flexibility index (Phi) is 5.41. The highest BCUT2D eigenvalue weighted by atomic mass is 79.9. The molecule has 0 aliphatic rings. The van der Waals surface area contributed by atoms with Crippen LogP contribution in [0.25, 0.3) is 27.0 Å². The lowest BCUT2D eigenvalue weighted by molar-refractivity contribution is -0.137. The van der Waals surface area contributed by atoms with Gasteiger partial charge in [0.1, 0.15) is 11.5 Å². The number of aromatic carboxylic acids is 1. The van der Waals surface area contributed by atoms with E-state index >= 15 is 0 Å². The summed E-state index contributed by atoms with van der Waals surface area (Å²) >= 11 is 4.02. The fourth-order valence-corrected chi connectivity index (χ4v) is 4.65. The summed E-state index contributed by atoms with van der Waals surface area (Å²) < 4.78 is 55.8. The number of aromatic nitrogens is 2. The second kappa shape index (κ2) is 7.82. The number of rotatable bonds is 3. The summed E-state index contributed by atoms with van der Waals surface area (Å²) in [7, 11) is 0. The number of benzene rings is 2. The van der Waals surface area contributed by atoms with Crippen molar-refractivity contribution in [1.29, 1.82) is 0 Å². The minimum atomic E-state index is -4.80. The zero-order valence-electron chi connectivity index (χ0n) is 16.0. The molecular formula is C21H11BrF4N2O3S. The Morgan fingerprint density at radius 1 is 1.19 bits per heavy atom. The summed E-state index contributed by atoms with van der Waals surface area (Å²) in [6, 6.07) is 7.01. The molecule has 0 fully saturated rings. The summed E-state index contributed by atoms with van der Waals surface area (Å²) in [5.74, 6) is -1.90. The molecule has 0 aliphatic heterocycles. The van der Waals surface area contributed by atoms with Gasteiger partial charge in [0.05, 0.1) is 26.9 Å². The van der Waals surface area contributed by atoms with E-state index in [4.69, 9.17) is 0 Å². The van der Waals surface area contributed by atoms with E-state index in [-0.39, 0.29) is 31.4 Å². The lowest BCUT2D eigenvalue weighted by atomic mass is 10.1. The average molecular weight is 527 g/mol. The second-order valence-corrected chi connectivity index (χ2v) is 8.64. The molecule has 0 atom stereocenters. The first-order valence-electron chi connectivity index (χ1n) is 8.90. The van der Waals surface area contributed by atoms with Gasteiger partial charge in [-0.2, -0.15) is 23.0 Å². The van der Waals surface area contributed by atoms with Gasteiger partial charge in [-0.25, -0.2) is 9.18 Å². The molecular weight excluding hydrogens is 516 g/mol. The van der Waals surface area contributed by atoms with Crippen molar-refractivity contribution in [3.63, 3.8) is 0 Å². The Balaban J connectivity index is 2.17. The summed E-state index contributed by atoms with van der Waals surface area (Å²) in [4.78, 5) is 24.9. The Bertz CT molecular complexity index is 1460. The smallest absolute Gasteiger partial charge is 0.418 e. The van der Waals surface area contributed by atoms with Crippen molar-refractivity contribution < 1.29 is 27.5 Å². The van der Waals surface area contributed by atoms with Crippen molar-refractivity contribution in [1.82, 2.24) is 9.78 Å². The van der Waals surface area contributed by atoms with Crippen molar-refractivity contribution in [2.75, 3.05) is 0 Å². The second-order valence-electron chi connectivity index (χ2n) is 6.85. The highest BCUT2D eigenvalue weighted by Crippen LogP contribution is 2.37. The number of hydrogen-bond donors (Lipinski definition) is 1. The van der Waals surface area contributed by atoms with Gasteiger partial charge in [0, 0.05) is 15.4 Å². The van der Waals surface area contributed by atoms with Crippen LogP contribution in [0.1, 0.15) is 21.5 Å². The molecule has 2 heterocycles. The van der Waals surface area contributed by atoms with Crippen molar-refractivity contribution in [2.45, 2.75) is 13.1 Å². The van der Waals surface area contributed by atoms with Crippen LogP contribution >= 0.6 is 27.3 Å². The Labute approximate surface area is 189 Å².